The first-order chi connectivity index (χ1) is 4.43. The molecule has 1 aromatic rings. The molecule has 1 radical (unpaired) electrons. The normalized spacial score (nSPS) is 9.89. The molecule has 0 amide bonds. The second kappa shape index (κ2) is 3.19. The zero-order valence-corrected chi connectivity index (χ0v) is 5.22. The standard InChI is InChI=1S/C5H8N3O/c1-2-9-4-5-3-6-8-7-5/h2,4H2,1H3,(H,6,7,8). The second-order valence-electron chi connectivity index (χ2n) is 1.52. The molecule has 0 fully saturated rings. The zero-order chi connectivity index (χ0) is 6.53. The van der Waals surface area contributed by atoms with Gasteiger partial charge >= 0.3 is 0 Å². The summed E-state index contributed by atoms with van der Waals surface area (Å²) in [6.45, 7) is 3.12. The van der Waals surface area contributed by atoms with Gasteiger partial charge in [0.05, 0.1) is 6.61 Å². The summed E-state index contributed by atoms with van der Waals surface area (Å²) in [5, 5.41) is 9.60. The van der Waals surface area contributed by atoms with Gasteiger partial charge in [-0.3, -0.25) is 5.10 Å². The molecule has 0 unspecified atom stereocenters. The number of aromatic nitrogens is 3. The summed E-state index contributed by atoms with van der Waals surface area (Å²) in [7, 11) is 0. The minimum atomic E-state index is 0.493. The Kier molecular flexibility index (Phi) is 2.21. The summed E-state index contributed by atoms with van der Waals surface area (Å²) in [6.07, 6.45) is 2.70. The third kappa shape index (κ3) is 1.81. The van der Waals surface area contributed by atoms with Crippen LogP contribution in [0.5, 0.6) is 0 Å². The van der Waals surface area contributed by atoms with Crippen LogP contribution in [0.1, 0.15) is 12.6 Å². The molecule has 0 aliphatic carbocycles. The van der Waals surface area contributed by atoms with Crippen LogP contribution in [0.3, 0.4) is 0 Å². The van der Waals surface area contributed by atoms with Gasteiger partial charge in [-0.05, 0) is 6.92 Å². The van der Waals surface area contributed by atoms with E-state index in [-0.39, 0.29) is 0 Å². The van der Waals surface area contributed by atoms with E-state index in [1.165, 1.54) is 0 Å². The fraction of sp³-hybridized carbons (Fsp3) is 0.600. The lowest BCUT2D eigenvalue weighted by atomic mass is 10.5. The smallest absolute Gasteiger partial charge is 0.118 e. The predicted octanol–water partition coefficient (Wildman–Crippen LogP) is 0.141. The first-order valence-corrected chi connectivity index (χ1v) is 2.79. The van der Waals surface area contributed by atoms with E-state index in [0.717, 1.165) is 5.69 Å². The third-order valence-electron chi connectivity index (χ3n) is 0.864. The molecular weight excluding hydrogens is 118 g/mol. The van der Waals surface area contributed by atoms with Crippen LogP contribution in [0.25, 0.3) is 0 Å². The van der Waals surface area contributed by atoms with Crippen molar-refractivity contribution in [3.8, 4) is 0 Å². The van der Waals surface area contributed by atoms with Crippen molar-refractivity contribution >= 4 is 0 Å². The fourth-order valence-electron chi connectivity index (χ4n) is 0.464. The molecule has 0 aliphatic rings. The summed E-state index contributed by atoms with van der Waals surface area (Å²) in [5.41, 5.74) is 0.719. The van der Waals surface area contributed by atoms with E-state index in [1.54, 1.807) is 0 Å². The molecule has 1 rings (SSSR count). The van der Waals surface area contributed by atoms with Crippen LogP contribution in [-0.4, -0.2) is 22.0 Å². The predicted molar refractivity (Wildman–Crippen MR) is 30.5 cm³/mol. The number of hydrogen-bond acceptors (Lipinski definition) is 3. The molecule has 4 nitrogen and oxygen atoms in total. The van der Waals surface area contributed by atoms with E-state index in [1.807, 2.05) is 6.92 Å². The minimum Gasteiger partial charge on any atom is -0.375 e. The summed E-state index contributed by atoms with van der Waals surface area (Å²) in [6, 6.07) is 0. The maximum absolute atomic E-state index is 5.02. The minimum absolute atomic E-state index is 0.493. The number of nitrogens with zero attached hydrogens (tertiary/aromatic N) is 2. The molecule has 1 N–H and O–H groups in total. The highest BCUT2D eigenvalue weighted by Crippen LogP contribution is 1.89. The van der Waals surface area contributed by atoms with Crippen molar-refractivity contribution < 1.29 is 4.74 Å². The number of hydrogen-bond donors (Lipinski definition) is 1. The third-order valence-corrected chi connectivity index (χ3v) is 0.864. The maximum Gasteiger partial charge on any atom is 0.118 e. The molecule has 49 valence electrons. The second-order valence-corrected chi connectivity index (χ2v) is 1.52. The molecular formula is C5H8N3O. The van der Waals surface area contributed by atoms with Crippen molar-refractivity contribution in [1.82, 2.24) is 15.4 Å². The van der Waals surface area contributed by atoms with Gasteiger partial charge in [-0.2, -0.15) is 0 Å². The van der Waals surface area contributed by atoms with Gasteiger partial charge in [0, 0.05) is 6.61 Å². The lowest BCUT2D eigenvalue weighted by Gasteiger charge is -1.92. The Morgan fingerprint density at radius 2 is 2.67 bits per heavy atom. The Balaban J connectivity index is 2.30. The van der Waals surface area contributed by atoms with Crippen LogP contribution in [-0.2, 0) is 11.3 Å². The molecule has 1 aromatic heterocycles. The molecule has 0 bridgehead atoms. The van der Waals surface area contributed by atoms with Crippen LogP contribution in [0, 0.1) is 6.20 Å². The van der Waals surface area contributed by atoms with E-state index in [9.17, 15) is 0 Å². The Hall–Kier alpha value is -0.900. The number of rotatable bonds is 3. The summed E-state index contributed by atoms with van der Waals surface area (Å²) in [4.78, 5) is 0. The van der Waals surface area contributed by atoms with Gasteiger partial charge in [0.15, 0.2) is 0 Å². The van der Waals surface area contributed by atoms with Gasteiger partial charge in [0.1, 0.15) is 11.9 Å². The molecule has 0 saturated carbocycles. The molecule has 0 aliphatic heterocycles. The van der Waals surface area contributed by atoms with Crippen LogP contribution < -0.4 is 0 Å². The van der Waals surface area contributed by atoms with Gasteiger partial charge in [0.2, 0.25) is 0 Å². The fourth-order valence-corrected chi connectivity index (χ4v) is 0.464. The van der Waals surface area contributed by atoms with Gasteiger partial charge < -0.3 is 4.74 Å². The first kappa shape index (κ1) is 6.22. The van der Waals surface area contributed by atoms with Crippen molar-refractivity contribution in [3.05, 3.63) is 11.9 Å². The highest BCUT2D eigenvalue weighted by Gasteiger charge is 1.92. The van der Waals surface area contributed by atoms with Crippen LogP contribution in [0.15, 0.2) is 0 Å². The Labute approximate surface area is 53.2 Å². The molecule has 1 heterocycles. The van der Waals surface area contributed by atoms with Crippen molar-refractivity contribution in [2.45, 2.75) is 13.5 Å². The van der Waals surface area contributed by atoms with Crippen LogP contribution in [0.2, 0.25) is 0 Å². The van der Waals surface area contributed by atoms with E-state index in [4.69, 9.17) is 4.74 Å². The van der Waals surface area contributed by atoms with Gasteiger partial charge in [-0.1, -0.05) is 5.21 Å². The largest absolute Gasteiger partial charge is 0.375 e. The molecule has 0 atom stereocenters. The van der Waals surface area contributed by atoms with Crippen molar-refractivity contribution in [3.63, 3.8) is 0 Å². The van der Waals surface area contributed by atoms with Gasteiger partial charge in [-0.25, -0.2) is 0 Å². The van der Waals surface area contributed by atoms with E-state index in [0.29, 0.717) is 13.2 Å². The summed E-state index contributed by atoms with van der Waals surface area (Å²) in [5.74, 6) is 0. The molecule has 9 heavy (non-hydrogen) atoms. The lowest BCUT2D eigenvalue weighted by molar-refractivity contribution is 0.131. The summed E-state index contributed by atoms with van der Waals surface area (Å²) >= 11 is 0. The van der Waals surface area contributed by atoms with Crippen LogP contribution in [0.4, 0.5) is 0 Å². The number of H-pyrrole nitrogens is 1. The Morgan fingerprint density at radius 1 is 1.78 bits per heavy atom. The van der Waals surface area contributed by atoms with E-state index in [2.05, 4.69) is 21.6 Å². The molecule has 0 saturated heterocycles. The van der Waals surface area contributed by atoms with E-state index >= 15 is 0 Å². The number of ether oxygens (including phenoxy) is 1. The number of aromatic amines is 1. The maximum atomic E-state index is 5.02. The van der Waals surface area contributed by atoms with Crippen LogP contribution >= 0.6 is 0 Å². The van der Waals surface area contributed by atoms with Crippen molar-refractivity contribution in [2.24, 2.45) is 0 Å². The highest BCUT2D eigenvalue weighted by atomic mass is 16.5. The van der Waals surface area contributed by atoms with Crippen molar-refractivity contribution in [1.29, 1.82) is 0 Å². The monoisotopic (exact) mass is 126 g/mol. The van der Waals surface area contributed by atoms with E-state index < -0.39 is 0 Å². The average molecular weight is 126 g/mol. The quantitative estimate of drug-likeness (QED) is 0.626. The van der Waals surface area contributed by atoms with Gasteiger partial charge in [0.25, 0.3) is 0 Å². The molecule has 0 spiro atoms. The zero-order valence-electron chi connectivity index (χ0n) is 5.22. The average Bonchev–Trinajstić information content (AvgIpc) is 2.34. The molecule has 0 aromatic carbocycles. The number of nitrogens with one attached hydrogen (secondary N) is 1. The highest BCUT2D eigenvalue weighted by molar-refractivity contribution is 4.84. The van der Waals surface area contributed by atoms with Crippen molar-refractivity contribution in [2.75, 3.05) is 6.61 Å². The SMILES string of the molecule is CCOCc1[c][nH]nn1. The van der Waals surface area contributed by atoms with Gasteiger partial charge in [-0.15, -0.1) is 5.10 Å². The Morgan fingerprint density at radius 3 is 3.22 bits per heavy atom. The lowest BCUT2D eigenvalue weighted by Crippen LogP contribution is -1.91. The Bertz CT molecular complexity index is 149. The molecule has 4 heteroatoms. The topological polar surface area (TPSA) is 50.8 Å². The summed E-state index contributed by atoms with van der Waals surface area (Å²) < 4.78 is 5.02. The first-order valence-electron chi connectivity index (χ1n) is 2.79.